The van der Waals surface area contributed by atoms with Gasteiger partial charge in [0.05, 0.1) is 5.25 Å². The van der Waals surface area contributed by atoms with Gasteiger partial charge in [-0.25, -0.2) is 0 Å². The first-order valence-electron chi connectivity index (χ1n) is 9.96. The van der Waals surface area contributed by atoms with Crippen molar-refractivity contribution in [2.45, 2.75) is 94.1 Å². The van der Waals surface area contributed by atoms with E-state index in [9.17, 15) is 4.79 Å². The van der Waals surface area contributed by atoms with Gasteiger partial charge in [-0.15, -0.1) is 10.2 Å². The summed E-state index contributed by atoms with van der Waals surface area (Å²) in [5, 5.41) is 13.0. The van der Waals surface area contributed by atoms with Crippen molar-refractivity contribution in [1.82, 2.24) is 20.1 Å². The smallest absolute Gasteiger partial charge is 0.233 e. The molecule has 0 aliphatic heterocycles. The second-order valence-corrected chi connectivity index (χ2v) is 9.67. The molecule has 3 saturated carbocycles. The fourth-order valence-corrected chi connectivity index (χ4v) is 4.90. The summed E-state index contributed by atoms with van der Waals surface area (Å²) in [5.41, 5.74) is 0. The monoisotopic (exact) mass is 362 g/mol. The number of carbonyl (C=O) groups is 1. The van der Waals surface area contributed by atoms with E-state index in [4.69, 9.17) is 0 Å². The standard InChI is InChI=1S/C19H30N4OS/c1-11-5-4-6-16(12(11)2)20-18(24)13(3)25-19-22-21-17(14-7-8-14)23(19)15-9-10-15/h11-16H,4-10H2,1-3H3,(H,20,24)/t11-,12-,13-,16-/m1/s1. The Hall–Kier alpha value is -1.04. The average molecular weight is 363 g/mol. The van der Waals surface area contributed by atoms with Crippen molar-refractivity contribution in [2.24, 2.45) is 11.8 Å². The first-order chi connectivity index (χ1) is 12.0. The van der Waals surface area contributed by atoms with E-state index in [1.54, 1.807) is 11.8 Å². The fourth-order valence-electron chi connectivity index (χ4n) is 3.96. The molecule has 0 spiro atoms. The van der Waals surface area contributed by atoms with Crippen LogP contribution in [0.4, 0.5) is 0 Å². The van der Waals surface area contributed by atoms with Crippen molar-refractivity contribution >= 4 is 17.7 Å². The van der Waals surface area contributed by atoms with E-state index in [1.165, 1.54) is 38.5 Å². The zero-order chi connectivity index (χ0) is 17.6. The lowest BCUT2D eigenvalue weighted by Crippen LogP contribution is -2.46. The molecule has 6 heteroatoms. The van der Waals surface area contributed by atoms with Gasteiger partial charge in [-0.05, 0) is 50.9 Å². The zero-order valence-electron chi connectivity index (χ0n) is 15.6. The molecule has 5 nitrogen and oxygen atoms in total. The minimum absolute atomic E-state index is 0.127. The van der Waals surface area contributed by atoms with Crippen LogP contribution in [0.5, 0.6) is 0 Å². The van der Waals surface area contributed by atoms with Crippen LogP contribution >= 0.6 is 11.8 Å². The van der Waals surface area contributed by atoms with Crippen LogP contribution in [0.25, 0.3) is 0 Å². The van der Waals surface area contributed by atoms with E-state index in [2.05, 4.69) is 33.9 Å². The van der Waals surface area contributed by atoms with E-state index in [0.29, 0.717) is 29.8 Å². The maximum atomic E-state index is 12.7. The molecule has 1 N–H and O–H groups in total. The highest BCUT2D eigenvalue weighted by Crippen LogP contribution is 2.46. The maximum absolute atomic E-state index is 12.7. The lowest BCUT2D eigenvalue weighted by Gasteiger charge is -2.35. The summed E-state index contributed by atoms with van der Waals surface area (Å²) in [6, 6.07) is 0.894. The number of carbonyl (C=O) groups excluding carboxylic acids is 1. The summed E-state index contributed by atoms with van der Waals surface area (Å²) in [6.07, 6.45) is 8.54. The second-order valence-electron chi connectivity index (χ2n) is 8.36. The van der Waals surface area contributed by atoms with Gasteiger partial charge in [0, 0.05) is 18.0 Å². The number of thioether (sulfide) groups is 1. The molecule has 1 heterocycles. The first kappa shape index (κ1) is 17.4. The van der Waals surface area contributed by atoms with Gasteiger partial charge in [0.1, 0.15) is 5.82 Å². The molecule has 0 unspecified atom stereocenters. The molecule has 1 amide bonds. The SMILES string of the molecule is C[C@@H]1[C@H](C)CCC[C@H]1NC(=O)[C@@H](C)Sc1nnc(C2CC2)n1C1CC1. The highest BCUT2D eigenvalue weighted by molar-refractivity contribution is 8.00. The number of hydrogen-bond acceptors (Lipinski definition) is 4. The van der Waals surface area contributed by atoms with Crippen LogP contribution in [0.1, 0.15) is 83.5 Å². The van der Waals surface area contributed by atoms with Crippen LogP contribution < -0.4 is 5.32 Å². The van der Waals surface area contributed by atoms with E-state index in [1.807, 2.05) is 6.92 Å². The van der Waals surface area contributed by atoms with Gasteiger partial charge in [-0.1, -0.05) is 38.5 Å². The molecule has 0 bridgehead atoms. The van der Waals surface area contributed by atoms with Gasteiger partial charge in [0.15, 0.2) is 5.16 Å². The van der Waals surface area contributed by atoms with Gasteiger partial charge in [-0.3, -0.25) is 4.79 Å². The van der Waals surface area contributed by atoms with E-state index in [0.717, 1.165) is 17.4 Å². The van der Waals surface area contributed by atoms with Crippen molar-refractivity contribution in [2.75, 3.05) is 0 Å². The van der Waals surface area contributed by atoms with E-state index >= 15 is 0 Å². The molecule has 3 aliphatic rings. The zero-order valence-corrected chi connectivity index (χ0v) is 16.4. The Kier molecular flexibility index (Phi) is 4.82. The highest BCUT2D eigenvalue weighted by Gasteiger charge is 2.37. The molecular formula is C19H30N4OS. The third-order valence-corrected chi connectivity index (χ3v) is 7.29. The van der Waals surface area contributed by atoms with Crippen LogP contribution in [0.2, 0.25) is 0 Å². The Balaban J connectivity index is 1.40. The normalized spacial score (nSPS) is 30.9. The van der Waals surface area contributed by atoms with Gasteiger partial charge >= 0.3 is 0 Å². The number of hydrogen-bond donors (Lipinski definition) is 1. The predicted octanol–water partition coefficient (Wildman–Crippen LogP) is 3.91. The van der Waals surface area contributed by atoms with Gasteiger partial charge in [-0.2, -0.15) is 0 Å². The summed E-state index contributed by atoms with van der Waals surface area (Å²) >= 11 is 1.58. The number of rotatable bonds is 6. The Morgan fingerprint density at radius 1 is 1.16 bits per heavy atom. The Bertz CT molecular complexity index is 637. The first-order valence-corrected chi connectivity index (χ1v) is 10.8. The van der Waals surface area contributed by atoms with Crippen molar-refractivity contribution in [3.8, 4) is 0 Å². The van der Waals surface area contributed by atoms with Crippen molar-refractivity contribution in [1.29, 1.82) is 0 Å². The van der Waals surface area contributed by atoms with Crippen LogP contribution in [0.3, 0.4) is 0 Å². The summed E-state index contributed by atoms with van der Waals surface area (Å²) < 4.78 is 2.33. The molecular weight excluding hydrogens is 332 g/mol. The molecule has 0 aromatic carbocycles. The average Bonchev–Trinajstić information content (AvgIpc) is 3.50. The summed E-state index contributed by atoms with van der Waals surface area (Å²) in [7, 11) is 0. The lowest BCUT2D eigenvalue weighted by molar-refractivity contribution is -0.121. The number of nitrogens with one attached hydrogen (secondary N) is 1. The number of nitrogens with zero attached hydrogens (tertiary/aromatic N) is 3. The molecule has 138 valence electrons. The molecule has 25 heavy (non-hydrogen) atoms. The second kappa shape index (κ2) is 6.93. The number of aromatic nitrogens is 3. The Labute approximate surface area is 154 Å². The molecule has 1 aromatic heterocycles. The third-order valence-electron chi connectivity index (χ3n) is 6.23. The fraction of sp³-hybridized carbons (Fsp3) is 0.842. The Morgan fingerprint density at radius 3 is 2.60 bits per heavy atom. The minimum Gasteiger partial charge on any atom is -0.352 e. The van der Waals surface area contributed by atoms with Crippen molar-refractivity contribution in [3.05, 3.63) is 5.82 Å². The van der Waals surface area contributed by atoms with Crippen LogP contribution in [-0.4, -0.2) is 32.0 Å². The lowest BCUT2D eigenvalue weighted by atomic mass is 9.78. The topological polar surface area (TPSA) is 59.8 Å². The molecule has 3 fully saturated rings. The third kappa shape index (κ3) is 3.74. The molecule has 0 radical (unpaired) electrons. The van der Waals surface area contributed by atoms with Crippen LogP contribution in [0, 0.1) is 11.8 Å². The molecule has 1 aromatic rings. The number of amides is 1. The van der Waals surface area contributed by atoms with Crippen LogP contribution in [0.15, 0.2) is 5.16 Å². The van der Waals surface area contributed by atoms with Gasteiger partial charge in [0.25, 0.3) is 0 Å². The largest absolute Gasteiger partial charge is 0.352 e. The van der Waals surface area contributed by atoms with Gasteiger partial charge < -0.3 is 9.88 Å². The minimum atomic E-state index is -0.127. The molecule has 4 rings (SSSR count). The van der Waals surface area contributed by atoms with Crippen molar-refractivity contribution in [3.63, 3.8) is 0 Å². The summed E-state index contributed by atoms with van der Waals surface area (Å²) in [4.78, 5) is 12.7. The quantitative estimate of drug-likeness (QED) is 0.780. The molecule has 3 aliphatic carbocycles. The van der Waals surface area contributed by atoms with Crippen molar-refractivity contribution < 1.29 is 4.79 Å². The molecule has 0 saturated heterocycles. The molecule has 4 atom stereocenters. The van der Waals surface area contributed by atoms with Gasteiger partial charge in [0.2, 0.25) is 5.91 Å². The van der Waals surface area contributed by atoms with Crippen LogP contribution in [-0.2, 0) is 4.79 Å². The Morgan fingerprint density at radius 2 is 1.92 bits per heavy atom. The van der Waals surface area contributed by atoms with E-state index < -0.39 is 0 Å². The highest BCUT2D eigenvalue weighted by atomic mass is 32.2. The maximum Gasteiger partial charge on any atom is 0.233 e. The summed E-state index contributed by atoms with van der Waals surface area (Å²) in [6.45, 7) is 6.58. The summed E-state index contributed by atoms with van der Waals surface area (Å²) in [5.74, 6) is 3.17. The van der Waals surface area contributed by atoms with E-state index in [-0.39, 0.29) is 11.2 Å². The predicted molar refractivity (Wildman–Crippen MR) is 99.7 cm³/mol.